The summed E-state index contributed by atoms with van der Waals surface area (Å²) in [6, 6.07) is 4.24. The first-order valence-electron chi connectivity index (χ1n) is 10.1. The third-order valence-corrected chi connectivity index (χ3v) is 6.14. The summed E-state index contributed by atoms with van der Waals surface area (Å²) in [6.07, 6.45) is 3.23. The summed E-state index contributed by atoms with van der Waals surface area (Å²) >= 11 is 0. The normalized spacial score (nSPS) is 22.3. The van der Waals surface area contributed by atoms with Crippen molar-refractivity contribution in [2.45, 2.75) is 52.4 Å². The molecule has 2 bridgehead atoms. The molecule has 1 fully saturated rings. The van der Waals surface area contributed by atoms with Gasteiger partial charge in [0.15, 0.2) is 0 Å². The van der Waals surface area contributed by atoms with Gasteiger partial charge in [-0.05, 0) is 46.3 Å². The Morgan fingerprint density at radius 2 is 2.00 bits per heavy atom. The Morgan fingerprint density at radius 1 is 1.19 bits per heavy atom. The van der Waals surface area contributed by atoms with E-state index in [9.17, 15) is 4.79 Å². The zero-order valence-electron chi connectivity index (χ0n) is 17.0. The van der Waals surface area contributed by atoms with Crippen LogP contribution in [0.15, 0.2) is 23.1 Å². The van der Waals surface area contributed by atoms with Gasteiger partial charge in [0.25, 0.3) is 5.56 Å². The molecule has 2 aromatic rings. The summed E-state index contributed by atoms with van der Waals surface area (Å²) in [5.41, 5.74) is 4.95. The van der Waals surface area contributed by atoms with Gasteiger partial charge in [-0.2, -0.15) is 5.10 Å². The number of likely N-dealkylation sites (tertiary alicyclic amines) is 1. The van der Waals surface area contributed by atoms with Crippen LogP contribution in [0.25, 0.3) is 0 Å². The monoisotopic (exact) mass is 369 g/mol. The van der Waals surface area contributed by atoms with Crippen LogP contribution in [0, 0.1) is 12.8 Å². The van der Waals surface area contributed by atoms with Crippen LogP contribution >= 0.6 is 0 Å². The molecular weight excluding hydrogens is 338 g/mol. The van der Waals surface area contributed by atoms with E-state index in [0.717, 1.165) is 38.3 Å². The second-order valence-corrected chi connectivity index (χ2v) is 8.50. The minimum atomic E-state index is 0.212. The van der Waals surface area contributed by atoms with Crippen molar-refractivity contribution in [1.82, 2.24) is 24.1 Å². The van der Waals surface area contributed by atoms with Crippen LogP contribution in [-0.4, -0.2) is 51.3 Å². The maximum absolute atomic E-state index is 12.9. The lowest BCUT2D eigenvalue weighted by Crippen LogP contribution is -2.47. The fraction of sp³-hybridized carbons (Fsp3) is 0.619. The van der Waals surface area contributed by atoms with E-state index in [0.29, 0.717) is 18.4 Å². The molecule has 146 valence electrons. The molecule has 0 aliphatic carbocycles. The van der Waals surface area contributed by atoms with Crippen LogP contribution < -0.4 is 5.56 Å². The van der Waals surface area contributed by atoms with Gasteiger partial charge in [-0.1, -0.05) is 6.07 Å². The maximum atomic E-state index is 12.9. The fourth-order valence-electron chi connectivity index (χ4n) is 4.88. The van der Waals surface area contributed by atoms with Crippen LogP contribution in [0.2, 0.25) is 0 Å². The van der Waals surface area contributed by atoms with Crippen LogP contribution in [0.3, 0.4) is 0 Å². The molecule has 6 nitrogen and oxygen atoms in total. The largest absolute Gasteiger partial charge is 0.312 e. The highest BCUT2D eigenvalue weighted by Gasteiger charge is 2.35. The minimum absolute atomic E-state index is 0.212. The SMILES string of the molecule is CCn1ncc(CN2C[C@@H]3C[C@H](C2)c2ccc(CN(C)C)c(=O)n2C3)c1C. The van der Waals surface area contributed by atoms with Gasteiger partial charge in [0, 0.05) is 67.7 Å². The molecule has 0 amide bonds. The molecule has 2 aliphatic rings. The molecule has 1 saturated heterocycles. The Morgan fingerprint density at radius 3 is 2.70 bits per heavy atom. The zero-order chi connectivity index (χ0) is 19.1. The molecule has 2 aromatic heterocycles. The molecule has 6 heteroatoms. The van der Waals surface area contributed by atoms with Crippen molar-refractivity contribution in [1.29, 1.82) is 0 Å². The Labute approximate surface area is 161 Å². The number of nitrogens with zero attached hydrogens (tertiary/aromatic N) is 5. The van der Waals surface area contributed by atoms with Crippen molar-refractivity contribution < 1.29 is 0 Å². The van der Waals surface area contributed by atoms with Crippen LogP contribution in [0.1, 0.15) is 41.8 Å². The van der Waals surface area contributed by atoms with Crippen molar-refractivity contribution in [3.8, 4) is 0 Å². The van der Waals surface area contributed by atoms with Gasteiger partial charge in [0.2, 0.25) is 0 Å². The Hall–Kier alpha value is -1.92. The summed E-state index contributed by atoms with van der Waals surface area (Å²) in [5, 5.41) is 4.49. The number of hydrogen-bond donors (Lipinski definition) is 0. The highest BCUT2D eigenvalue weighted by molar-refractivity contribution is 5.23. The highest BCUT2D eigenvalue weighted by atomic mass is 16.1. The predicted octanol–water partition coefficient (Wildman–Crippen LogP) is 2.05. The van der Waals surface area contributed by atoms with Gasteiger partial charge in [0.1, 0.15) is 0 Å². The molecule has 0 unspecified atom stereocenters. The van der Waals surface area contributed by atoms with Crippen molar-refractivity contribution in [2.75, 3.05) is 27.2 Å². The first kappa shape index (κ1) is 18.4. The summed E-state index contributed by atoms with van der Waals surface area (Å²) in [6.45, 7) is 9.84. The standard InChI is InChI=1S/C21H31N5O/c1-5-26-15(2)19(9-22-26)14-24-10-16-8-18(13-24)20-7-6-17(12-23(3)4)21(27)25(20)11-16/h6-7,9,16,18H,5,8,10-14H2,1-4H3/t16-,18+/m0/s1. The van der Waals surface area contributed by atoms with E-state index in [1.807, 2.05) is 26.4 Å². The molecule has 4 heterocycles. The van der Waals surface area contributed by atoms with Crippen LogP contribution in [-0.2, 0) is 26.2 Å². The second kappa shape index (κ2) is 7.24. The fourth-order valence-corrected chi connectivity index (χ4v) is 4.88. The average Bonchev–Trinajstić information content (AvgIpc) is 2.97. The van der Waals surface area contributed by atoms with E-state index in [2.05, 4.69) is 44.1 Å². The van der Waals surface area contributed by atoms with Gasteiger partial charge in [-0.3, -0.25) is 14.4 Å². The number of hydrogen-bond acceptors (Lipinski definition) is 4. The van der Waals surface area contributed by atoms with Crippen molar-refractivity contribution in [3.05, 3.63) is 51.2 Å². The van der Waals surface area contributed by atoms with Crippen molar-refractivity contribution >= 4 is 0 Å². The van der Waals surface area contributed by atoms with Gasteiger partial charge in [0.05, 0.1) is 6.20 Å². The minimum Gasteiger partial charge on any atom is -0.312 e. The molecule has 2 aliphatic heterocycles. The number of pyridine rings is 1. The van der Waals surface area contributed by atoms with Crippen molar-refractivity contribution in [2.24, 2.45) is 5.92 Å². The van der Waals surface area contributed by atoms with E-state index in [1.54, 1.807) is 0 Å². The lowest BCUT2D eigenvalue weighted by molar-refractivity contribution is 0.114. The maximum Gasteiger partial charge on any atom is 0.255 e. The summed E-state index contributed by atoms with van der Waals surface area (Å²) in [5.74, 6) is 1.02. The topological polar surface area (TPSA) is 46.3 Å². The van der Waals surface area contributed by atoms with Crippen LogP contribution in [0.4, 0.5) is 0 Å². The Bertz CT molecular complexity index is 881. The zero-order valence-corrected chi connectivity index (χ0v) is 17.0. The quantitative estimate of drug-likeness (QED) is 0.809. The van der Waals surface area contributed by atoms with E-state index in [1.165, 1.54) is 23.4 Å². The van der Waals surface area contributed by atoms with E-state index in [-0.39, 0.29) is 5.56 Å². The lowest BCUT2D eigenvalue weighted by Gasteiger charge is -2.43. The molecule has 4 rings (SSSR count). The predicted molar refractivity (Wildman–Crippen MR) is 107 cm³/mol. The van der Waals surface area contributed by atoms with E-state index < -0.39 is 0 Å². The molecule has 2 atom stereocenters. The van der Waals surface area contributed by atoms with Crippen LogP contribution in [0.5, 0.6) is 0 Å². The van der Waals surface area contributed by atoms with Gasteiger partial charge < -0.3 is 9.47 Å². The first-order chi connectivity index (χ1) is 13.0. The van der Waals surface area contributed by atoms with Gasteiger partial charge in [-0.15, -0.1) is 0 Å². The first-order valence-corrected chi connectivity index (χ1v) is 10.1. The highest BCUT2D eigenvalue weighted by Crippen LogP contribution is 2.35. The molecule has 0 spiro atoms. The second-order valence-electron chi connectivity index (χ2n) is 8.50. The molecule has 27 heavy (non-hydrogen) atoms. The number of aromatic nitrogens is 3. The van der Waals surface area contributed by atoms with E-state index in [4.69, 9.17) is 0 Å². The molecule has 0 saturated carbocycles. The Kier molecular flexibility index (Phi) is 4.95. The smallest absolute Gasteiger partial charge is 0.255 e. The summed E-state index contributed by atoms with van der Waals surface area (Å²) in [7, 11) is 4.03. The molecule has 0 N–H and O–H groups in total. The summed E-state index contributed by atoms with van der Waals surface area (Å²) in [4.78, 5) is 17.6. The van der Waals surface area contributed by atoms with E-state index >= 15 is 0 Å². The molecular formula is C21H31N5O. The third-order valence-electron chi connectivity index (χ3n) is 6.14. The number of rotatable bonds is 5. The van der Waals surface area contributed by atoms with Gasteiger partial charge >= 0.3 is 0 Å². The lowest BCUT2D eigenvalue weighted by atomic mass is 9.83. The third kappa shape index (κ3) is 3.48. The van der Waals surface area contributed by atoms with Gasteiger partial charge in [-0.25, -0.2) is 0 Å². The average molecular weight is 370 g/mol. The summed E-state index contributed by atoms with van der Waals surface area (Å²) < 4.78 is 4.14. The van der Waals surface area contributed by atoms with Crippen molar-refractivity contribution in [3.63, 3.8) is 0 Å². The number of fused-ring (bicyclic) bond motifs is 4. The number of aryl methyl sites for hydroxylation is 1. The Balaban J connectivity index is 1.55. The molecule has 0 radical (unpaired) electrons. The number of piperidine rings is 1. The molecule has 0 aromatic carbocycles.